The molecular formula is C4H2F6O4. The van der Waals surface area contributed by atoms with Crippen LogP contribution in [0.25, 0.3) is 0 Å². The summed E-state index contributed by atoms with van der Waals surface area (Å²) in [6, 6.07) is 0. The Morgan fingerprint density at radius 1 is 1.21 bits per heavy atom. The van der Waals surface area contributed by atoms with Crippen molar-refractivity contribution >= 4 is 11.9 Å². The molecule has 0 radical (unpaired) electrons. The van der Waals surface area contributed by atoms with Gasteiger partial charge in [-0.05, 0) is 0 Å². The molecule has 0 bridgehead atoms. The van der Waals surface area contributed by atoms with E-state index in [2.05, 4.69) is 4.94 Å². The minimum Gasteiger partial charge on any atom is -0.475 e. The lowest BCUT2D eigenvalue weighted by Gasteiger charge is -1.93. The third-order valence-corrected chi connectivity index (χ3v) is 0.497. The fourth-order valence-electron chi connectivity index (χ4n) is 0.0337. The van der Waals surface area contributed by atoms with Crippen molar-refractivity contribution in [3.05, 3.63) is 0 Å². The zero-order valence-corrected chi connectivity index (χ0v) is 6.02. The average Bonchev–Trinajstić information content (AvgIpc) is 2.02. The topological polar surface area (TPSA) is 63.6 Å². The number of alkyl halides is 5. The van der Waals surface area contributed by atoms with E-state index >= 15 is 0 Å². The Bertz CT molecular complexity index is 196. The number of halogens is 6. The maximum atomic E-state index is 10.7. The molecule has 0 aliphatic carbocycles. The van der Waals surface area contributed by atoms with Crippen molar-refractivity contribution in [2.75, 3.05) is 0 Å². The molecule has 0 saturated heterocycles. The van der Waals surface area contributed by atoms with Gasteiger partial charge in [-0.1, -0.05) is 0 Å². The van der Waals surface area contributed by atoms with Crippen molar-refractivity contribution in [1.29, 1.82) is 0 Å². The molecule has 4 nitrogen and oxygen atoms in total. The first-order valence-electron chi connectivity index (χ1n) is 2.53. The highest BCUT2D eigenvalue weighted by atomic mass is 19.4. The number of hydrogen-bond acceptors (Lipinski definition) is 3. The van der Waals surface area contributed by atoms with E-state index in [1.807, 2.05) is 0 Å². The summed E-state index contributed by atoms with van der Waals surface area (Å²) in [6.45, 7) is 0. The Morgan fingerprint density at radius 2 is 1.50 bits per heavy atom. The average molecular weight is 228 g/mol. The van der Waals surface area contributed by atoms with Crippen molar-refractivity contribution < 1.29 is 46.1 Å². The second-order valence-corrected chi connectivity index (χ2v) is 1.50. The lowest BCUT2D eigenvalue weighted by molar-refractivity contribution is -0.196. The minimum absolute atomic E-state index is 2.12. The van der Waals surface area contributed by atoms with Gasteiger partial charge in [-0.25, -0.2) is 14.5 Å². The Labute approximate surface area is 72.0 Å². The van der Waals surface area contributed by atoms with Gasteiger partial charge in [0.2, 0.25) is 0 Å². The molecule has 0 fully saturated rings. The van der Waals surface area contributed by atoms with Crippen LogP contribution in [0.15, 0.2) is 0 Å². The highest BCUT2D eigenvalue weighted by molar-refractivity contribution is 5.73. The van der Waals surface area contributed by atoms with Gasteiger partial charge in [0, 0.05) is 4.53 Å². The lowest BCUT2D eigenvalue weighted by Crippen LogP contribution is -2.21. The number of aliphatic carboxylic acids is 1. The number of hydrogen-bond donors (Lipinski definition) is 1. The van der Waals surface area contributed by atoms with Crippen LogP contribution in [0, 0.1) is 0 Å². The van der Waals surface area contributed by atoms with Crippen molar-refractivity contribution in [1.82, 2.24) is 0 Å². The molecule has 0 saturated carbocycles. The van der Waals surface area contributed by atoms with E-state index in [9.17, 15) is 26.5 Å². The molecule has 0 aliphatic rings. The number of carbonyl (C=O) groups is 2. The molecule has 10 heteroatoms. The van der Waals surface area contributed by atoms with Gasteiger partial charge in [0.05, 0.1) is 0 Å². The third-order valence-electron chi connectivity index (χ3n) is 0.497. The van der Waals surface area contributed by atoms with Crippen LogP contribution in [0.4, 0.5) is 26.5 Å². The first-order chi connectivity index (χ1) is 6.12. The molecular weight excluding hydrogens is 226 g/mol. The van der Waals surface area contributed by atoms with Gasteiger partial charge in [0.25, 0.3) is 0 Å². The summed E-state index contributed by atoms with van der Waals surface area (Å²) in [5.74, 6) is -4.91. The van der Waals surface area contributed by atoms with Gasteiger partial charge in [0.15, 0.2) is 0 Å². The van der Waals surface area contributed by atoms with Crippen LogP contribution in [-0.4, -0.2) is 29.6 Å². The summed E-state index contributed by atoms with van der Waals surface area (Å²) in [5.41, 5.74) is 0. The molecule has 1 N–H and O–H groups in total. The largest absolute Gasteiger partial charge is 0.490 e. The van der Waals surface area contributed by atoms with E-state index in [0.717, 1.165) is 0 Å². The van der Waals surface area contributed by atoms with Crippen LogP contribution in [0.1, 0.15) is 0 Å². The predicted octanol–water partition coefficient (Wildman–Crippen LogP) is 1.31. The molecule has 0 aliphatic heterocycles. The first kappa shape index (κ1) is 15.0. The quantitative estimate of drug-likeness (QED) is 0.687. The molecule has 0 heterocycles. The van der Waals surface area contributed by atoms with Gasteiger partial charge in [-0.15, -0.1) is 0 Å². The number of carbonyl (C=O) groups excluding carboxylic acids is 1. The summed E-state index contributed by atoms with van der Waals surface area (Å²) < 4.78 is 63.5. The van der Waals surface area contributed by atoms with Gasteiger partial charge in [-0.2, -0.15) is 22.0 Å². The molecule has 84 valence electrons. The standard InChI is InChI=1S/2C2HF3O2/c3-2(4,5)1(6)7;3-1(4)2(6)7-5/h(H,6,7);1H. The van der Waals surface area contributed by atoms with Crippen LogP contribution in [0.5, 0.6) is 0 Å². The molecule has 0 aromatic carbocycles. The number of carboxylic acids is 1. The highest BCUT2D eigenvalue weighted by Crippen LogP contribution is 2.13. The summed E-state index contributed by atoms with van der Waals surface area (Å²) in [5, 5.41) is 7.12. The molecule has 0 unspecified atom stereocenters. The van der Waals surface area contributed by atoms with E-state index in [4.69, 9.17) is 14.7 Å². The molecule has 0 rings (SSSR count). The van der Waals surface area contributed by atoms with Gasteiger partial charge >= 0.3 is 24.5 Å². The fourth-order valence-corrected chi connectivity index (χ4v) is 0.0337. The highest BCUT2D eigenvalue weighted by Gasteiger charge is 2.38. The number of carboxylic acid groups (broad SMARTS) is 1. The zero-order valence-electron chi connectivity index (χ0n) is 6.02. The van der Waals surface area contributed by atoms with Crippen LogP contribution in [-0.2, 0) is 14.5 Å². The van der Waals surface area contributed by atoms with Gasteiger partial charge in [-0.3, -0.25) is 0 Å². The minimum atomic E-state index is -5.08. The van der Waals surface area contributed by atoms with E-state index in [0.29, 0.717) is 0 Å². The maximum Gasteiger partial charge on any atom is 0.490 e. The fraction of sp³-hybridized carbons (Fsp3) is 0.500. The summed E-state index contributed by atoms with van der Waals surface area (Å²) in [4.78, 5) is 20.2. The molecule has 0 spiro atoms. The zero-order chi connectivity index (χ0) is 11.9. The van der Waals surface area contributed by atoms with E-state index in [1.165, 1.54) is 0 Å². The maximum absolute atomic E-state index is 10.7. The van der Waals surface area contributed by atoms with Gasteiger partial charge in [0.1, 0.15) is 0 Å². The Hall–Kier alpha value is -1.48. The SMILES string of the molecule is O=C(O)C(F)(F)F.O=C(OF)C(F)F. The summed E-state index contributed by atoms with van der Waals surface area (Å²) >= 11 is 0. The predicted molar refractivity (Wildman–Crippen MR) is 26.9 cm³/mol. The molecule has 0 aromatic rings. The molecule has 0 amide bonds. The van der Waals surface area contributed by atoms with Crippen LogP contribution >= 0.6 is 0 Å². The smallest absolute Gasteiger partial charge is 0.475 e. The molecule has 14 heavy (non-hydrogen) atoms. The van der Waals surface area contributed by atoms with Crippen LogP contribution < -0.4 is 0 Å². The first-order valence-corrected chi connectivity index (χ1v) is 2.53. The number of rotatable bonds is 1. The Balaban J connectivity index is 0. The normalized spacial score (nSPS) is 10.2. The summed E-state index contributed by atoms with van der Waals surface area (Å²) in [6.07, 6.45) is -8.45. The van der Waals surface area contributed by atoms with E-state index < -0.39 is 24.5 Å². The molecule has 0 aromatic heterocycles. The Kier molecular flexibility index (Phi) is 6.48. The van der Waals surface area contributed by atoms with Crippen molar-refractivity contribution in [3.8, 4) is 0 Å². The third kappa shape index (κ3) is 8.62. The lowest BCUT2D eigenvalue weighted by atomic mass is 10.7. The van der Waals surface area contributed by atoms with Crippen LogP contribution in [0.2, 0.25) is 0 Å². The van der Waals surface area contributed by atoms with Crippen molar-refractivity contribution in [2.45, 2.75) is 12.6 Å². The second-order valence-electron chi connectivity index (χ2n) is 1.50. The Morgan fingerprint density at radius 3 is 1.50 bits per heavy atom. The van der Waals surface area contributed by atoms with E-state index in [1.54, 1.807) is 0 Å². The summed E-state index contributed by atoms with van der Waals surface area (Å²) in [7, 11) is 0. The van der Waals surface area contributed by atoms with Crippen LogP contribution in [0.3, 0.4) is 0 Å². The van der Waals surface area contributed by atoms with Crippen molar-refractivity contribution in [2.24, 2.45) is 0 Å². The second kappa shape index (κ2) is 6.05. The van der Waals surface area contributed by atoms with E-state index in [-0.39, 0.29) is 0 Å². The van der Waals surface area contributed by atoms with Crippen molar-refractivity contribution in [3.63, 3.8) is 0 Å². The monoisotopic (exact) mass is 228 g/mol. The molecule has 0 atom stereocenters. The van der Waals surface area contributed by atoms with Gasteiger partial charge < -0.3 is 5.11 Å².